The lowest BCUT2D eigenvalue weighted by atomic mass is 9.89. The summed E-state index contributed by atoms with van der Waals surface area (Å²) in [6.45, 7) is 2.08. The molecule has 1 aliphatic rings. The summed E-state index contributed by atoms with van der Waals surface area (Å²) in [7, 11) is 1.70. The predicted octanol–water partition coefficient (Wildman–Crippen LogP) is 6.72. The first-order chi connectivity index (χ1) is 13.8. The maximum absolute atomic E-state index is 5.37. The standard InChI is InChI=1S/C26H25NO/c1-3-4-14-25-24-13-9-8-12-21(24)19-26(20-10-6-5-7-11-20)27(25)22-15-17-23(28-2)18-16-22/h3-13,15-19,25H,14H2,1-2H3/b4-3+. The van der Waals surface area contributed by atoms with E-state index in [0.29, 0.717) is 0 Å². The van der Waals surface area contributed by atoms with Gasteiger partial charge in [0.25, 0.3) is 0 Å². The van der Waals surface area contributed by atoms with Crippen LogP contribution in [0.25, 0.3) is 11.8 Å². The van der Waals surface area contributed by atoms with Crippen LogP contribution in [0.15, 0.2) is 91.0 Å². The van der Waals surface area contributed by atoms with Crippen molar-refractivity contribution in [3.63, 3.8) is 0 Å². The van der Waals surface area contributed by atoms with Gasteiger partial charge in [0.15, 0.2) is 0 Å². The van der Waals surface area contributed by atoms with Crippen LogP contribution in [-0.4, -0.2) is 7.11 Å². The minimum Gasteiger partial charge on any atom is -0.497 e. The Kier molecular flexibility index (Phi) is 5.29. The molecule has 1 heterocycles. The van der Waals surface area contributed by atoms with Gasteiger partial charge in [0.1, 0.15) is 5.75 Å². The molecule has 28 heavy (non-hydrogen) atoms. The monoisotopic (exact) mass is 367 g/mol. The van der Waals surface area contributed by atoms with E-state index in [-0.39, 0.29) is 6.04 Å². The molecule has 0 fully saturated rings. The summed E-state index contributed by atoms with van der Waals surface area (Å²) < 4.78 is 5.37. The fourth-order valence-electron chi connectivity index (χ4n) is 3.86. The molecule has 3 aromatic carbocycles. The van der Waals surface area contributed by atoms with Crippen LogP contribution in [-0.2, 0) is 0 Å². The molecule has 0 aromatic heterocycles. The highest BCUT2D eigenvalue weighted by atomic mass is 16.5. The highest BCUT2D eigenvalue weighted by Gasteiger charge is 2.29. The zero-order valence-corrected chi connectivity index (χ0v) is 16.4. The lowest BCUT2D eigenvalue weighted by molar-refractivity contribution is 0.415. The highest BCUT2D eigenvalue weighted by Crippen LogP contribution is 2.43. The molecule has 1 aliphatic heterocycles. The second-order valence-electron chi connectivity index (χ2n) is 6.91. The van der Waals surface area contributed by atoms with E-state index >= 15 is 0 Å². The minimum absolute atomic E-state index is 0.237. The SMILES string of the molecule is C/C=C/CC1c2ccccc2C=C(c2ccccc2)N1c1ccc(OC)cc1. The molecule has 0 amide bonds. The van der Waals surface area contributed by atoms with Crippen molar-refractivity contribution < 1.29 is 4.74 Å². The van der Waals surface area contributed by atoms with E-state index in [1.165, 1.54) is 28.1 Å². The fraction of sp³-hybridized carbons (Fsp3) is 0.154. The van der Waals surface area contributed by atoms with E-state index in [1.54, 1.807) is 7.11 Å². The van der Waals surface area contributed by atoms with Crippen molar-refractivity contribution in [2.45, 2.75) is 19.4 Å². The van der Waals surface area contributed by atoms with Crippen LogP contribution in [0.5, 0.6) is 5.75 Å². The van der Waals surface area contributed by atoms with Crippen LogP contribution in [0.4, 0.5) is 5.69 Å². The van der Waals surface area contributed by atoms with Crippen molar-refractivity contribution in [2.24, 2.45) is 0 Å². The number of nitrogens with zero attached hydrogens (tertiary/aromatic N) is 1. The zero-order valence-electron chi connectivity index (χ0n) is 16.4. The van der Waals surface area contributed by atoms with Crippen molar-refractivity contribution >= 4 is 17.5 Å². The molecule has 2 nitrogen and oxygen atoms in total. The lowest BCUT2D eigenvalue weighted by Gasteiger charge is -2.39. The van der Waals surface area contributed by atoms with Crippen molar-refractivity contribution in [3.8, 4) is 5.75 Å². The summed E-state index contributed by atoms with van der Waals surface area (Å²) in [4.78, 5) is 2.46. The molecule has 1 atom stereocenters. The number of rotatable bonds is 5. The third-order valence-electron chi connectivity index (χ3n) is 5.23. The molecule has 140 valence electrons. The van der Waals surface area contributed by atoms with Gasteiger partial charge in [0, 0.05) is 11.4 Å². The Bertz CT molecular complexity index is 986. The largest absolute Gasteiger partial charge is 0.497 e. The Balaban J connectivity index is 1.90. The average molecular weight is 367 g/mol. The molecule has 4 rings (SSSR count). The van der Waals surface area contributed by atoms with Crippen molar-refractivity contribution in [1.29, 1.82) is 0 Å². The molecule has 0 saturated heterocycles. The second kappa shape index (κ2) is 8.18. The van der Waals surface area contributed by atoms with Gasteiger partial charge in [-0.1, -0.05) is 66.7 Å². The van der Waals surface area contributed by atoms with Gasteiger partial charge in [-0.25, -0.2) is 0 Å². The summed E-state index contributed by atoms with van der Waals surface area (Å²) in [5.74, 6) is 0.872. The second-order valence-corrected chi connectivity index (χ2v) is 6.91. The van der Waals surface area contributed by atoms with Gasteiger partial charge in [-0.3, -0.25) is 0 Å². The van der Waals surface area contributed by atoms with E-state index in [4.69, 9.17) is 4.74 Å². The van der Waals surface area contributed by atoms with Crippen LogP contribution < -0.4 is 9.64 Å². The highest BCUT2D eigenvalue weighted by molar-refractivity contribution is 5.93. The number of hydrogen-bond donors (Lipinski definition) is 0. The van der Waals surface area contributed by atoms with Crippen LogP contribution >= 0.6 is 0 Å². The lowest BCUT2D eigenvalue weighted by Crippen LogP contribution is -2.30. The summed E-state index contributed by atoms with van der Waals surface area (Å²) in [5, 5.41) is 0. The van der Waals surface area contributed by atoms with Gasteiger partial charge >= 0.3 is 0 Å². The summed E-state index contributed by atoms with van der Waals surface area (Å²) >= 11 is 0. The molecule has 0 aliphatic carbocycles. The van der Waals surface area contributed by atoms with Crippen LogP contribution in [0.2, 0.25) is 0 Å². The minimum atomic E-state index is 0.237. The normalized spacial score (nSPS) is 16.0. The number of benzene rings is 3. The molecule has 0 N–H and O–H groups in total. The average Bonchev–Trinajstić information content (AvgIpc) is 2.77. The third-order valence-corrected chi connectivity index (χ3v) is 5.23. The van der Waals surface area contributed by atoms with E-state index < -0.39 is 0 Å². The molecular weight excluding hydrogens is 342 g/mol. The van der Waals surface area contributed by atoms with Gasteiger partial charge in [0.05, 0.1) is 13.2 Å². The van der Waals surface area contributed by atoms with E-state index in [9.17, 15) is 0 Å². The molecule has 1 unspecified atom stereocenters. The predicted molar refractivity (Wildman–Crippen MR) is 118 cm³/mol. The quantitative estimate of drug-likeness (QED) is 0.464. The fourth-order valence-corrected chi connectivity index (χ4v) is 3.86. The van der Waals surface area contributed by atoms with E-state index in [0.717, 1.165) is 12.2 Å². The van der Waals surface area contributed by atoms with Crippen molar-refractivity contribution in [3.05, 3.63) is 108 Å². The summed E-state index contributed by atoms with van der Waals surface area (Å²) in [6.07, 6.45) is 7.64. The third kappa shape index (κ3) is 3.46. The van der Waals surface area contributed by atoms with Crippen LogP contribution in [0.1, 0.15) is 36.1 Å². The number of ether oxygens (including phenoxy) is 1. The summed E-state index contributed by atoms with van der Waals surface area (Å²) in [6, 6.07) is 27.9. The molecule has 0 saturated carbocycles. The van der Waals surface area contributed by atoms with Crippen LogP contribution in [0.3, 0.4) is 0 Å². The van der Waals surface area contributed by atoms with E-state index in [2.05, 4.69) is 96.8 Å². The molecular formula is C26H25NO. The molecule has 3 aromatic rings. The Morgan fingerprint density at radius 1 is 0.893 bits per heavy atom. The van der Waals surface area contributed by atoms with Crippen molar-refractivity contribution in [1.82, 2.24) is 0 Å². The topological polar surface area (TPSA) is 12.5 Å². The smallest absolute Gasteiger partial charge is 0.119 e. The van der Waals surface area contributed by atoms with E-state index in [1.807, 2.05) is 12.1 Å². The Morgan fingerprint density at radius 2 is 1.61 bits per heavy atom. The Hall–Kier alpha value is -3.26. The van der Waals surface area contributed by atoms with Gasteiger partial charge in [0.2, 0.25) is 0 Å². The molecule has 0 spiro atoms. The van der Waals surface area contributed by atoms with Crippen LogP contribution in [0, 0.1) is 0 Å². The first-order valence-electron chi connectivity index (χ1n) is 9.72. The molecule has 0 bridgehead atoms. The zero-order chi connectivity index (χ0) is 19.3. The number of anilines is 1. The van der Waals surface area contributed by atoms with Gasteiger partial charge < -0.3 is 9.64 Å². The molecule has 0 radical (unpaired) electrons. The maximum Gasteiger partial charge on any atom is 0.119 e. The van der Waals surface area contributed by atoms with Gasteiger partial charge in [-0.15, -0.1) is 0 Å². The van der Waals surface area contributed by atoms with Gasteiger partial charge in [-0.05, 0) is 60.4 Å². The maximum atomic E-state index is 5.37. The number of allylic oxidation sites excluding steroid dienone is 1. The number of fused-ring (bicyclic) bond motifs is 1. The number of methoxy groups -OCH3 is 1. The first kappa shape index (κ1) is 18.1. The number of hydrogen-bond acceptors (Lipinski definition) is 2. The Morgan fingerprint density at radius 3 is 2.32 bits per heavy atom. The van der Waals surface area contributed by atoms with Gasteiger partial charge in [-0.2, -0.15) is 0 Å². The Labute approximate surface area is 167 Å². The summed E-state index contributed by atoms with van der Waals surface area (Å²) in [5.41, 5.74) is 6.26. The first-order valence-corrected chi connectivity index (χ1v) is 9.72. The molecule has 2 heteroatoms. The van der Waals surface area contributed by atoms with Crippen molar-refractivity contribution in [2.75, 3.05) is 12.0 Å².